The number of benzene rings is 2. The molecule has 2 aromatic carbocycles. The van der Waals surface area contributed by atoms with Crippen molar-refractivity contribution in [2.45, 2.75) is 6.42 Å². The van der Waals surface area contributed by atoms with Gasteiger partial charge in [-0.05, 0) is 42.3 Å². The molecule has 2 amide bonds. The summed E-state index contributed by atoms with van der Waals surface area (Å²) >= 11 is 0. The molecule has 0 fully saturated rings. The number of amides is 2. The van der Waals surface area contributed by atoms with Gasteiger partial charge in [0, 0.05) is 5.56 Å². The van der Waals surface area contributed by atoms with E-state index in [1.807, 2.05) is 0 Å². The number of carbonyl (C=O) groups excluding carboxylic acids is 2. The van der Waals surface area contributed by atoms with Crippen molar-refractivity contribution in [3.63, 3.8) is 0 Å². The van der Waals surface area contributed by atoms with Crippen molar-refractivity contribution in [2.75, 3.05) is 12.4 Å². The van der Waals surface area contributed by atoms with Crippen molar-refractivity contribution in [2.24, 2.45) is 5.73 Å². The van der Waals surface area contributed by atoms with Gasteiger partial charge >= 0.3 is 0 Å². The fraction of sp³-hybridized carbons (Fsp3) is 0.111. The zero-order valence-electron chi connectivity index (χ0n) is 12.8. The summed E-state index contributed by atoms with van der Waals surface area (Å²) < 4.78 is 5.26. The molecule has 0 aromatic heterocycles. The lowest BCUT2D eigenvalue weighted by atomic mass is 10.1. The van der Waals surface area contributed by atoms with Gasteiger partial charge in [-0.25, -0.2) is 0 Å². The second-order valence-corrected chi connectivity index (χ2v) is 4.88. The highest BCUT2D eigenvalue weighted by atomic mass is 16.5. The lowest BCUT2D eigenvalue weighted by Gasteiger charge is -2.11. The van der Waals surface area contributed by atoms with Crippen molar-refractivity contribution in [3.05, 3.63) is 71.8 Å². The highest BCUT2D eigenvalue weighted by Gasteiger charge is 2.13. The van der Waals surface area contributed by atoms with E-state index in [9.17, 15) is 9.59 Å². The highest BCUT2D eigenvalue weighted by Crippen LogP contribution is 2.22. The Kier molecular flexibility index (Phi) is 5.15. The molecule has 5 heteroatoms. The molecule has 0 aliphatic rings. The number of hydrogen-bond acceptors (Lipinski definition) is 3. The van der Waals surface area contributed by atoms with Crippen molar-refractivity contribution in [1.82, 2.24) is 0 Å². The molecule has 23 heavy (non-hydrogen) atoms. The Morgan fingerprint density at radius 3 is 2.65 bits per heavy atom. The van der Waals surface area contributed by atoms with Gasteiger partial charge in [0.15, 0.2) is 0 Å². The minimum Gasteiger partial charge on any atom is -0.496 e. The summed E-state index contributed by atoms with van der Waals surface area (Å²) in [7, 11) is 1.57. The number of primary amides is 1. The maximum Gasteiger partial charge on any atom is 0.255 e. The first-order valence-electron chi connectivity index (χ1n) is 7.04. The van der Waals surface area contributed by atoms with Gasteiger partial charge in [0.1, 0.15) is 5.75 Å². The average Bonchev–Trinajstić information content (AvgIpc) is 2.55. The number of rotatable bonds is 6. The molecule has 0 unspecified atom stereocenters. The van der Waals surface area contributed by atoms with Crippen LogP contribution < -0.4 is 15.8 Å². The molecule has 3 N–H and O–H groups in total. The Labute approximate surface area is 134 Å². The Bertz CT molecular complexity index is 754. The van der Waals surface area contributed by atoms with E-state index >= 15 is 0 Å². The van der Waals surface area contributed by atoms with Crippen LogP contribution in [0.25, 0.3) is 0 Å². The first-order valence-corrected chi connectivity index (χ1v) is 7.04. The number of anilines is 1. The highest BCUT2D eigenvalue weighted by molar-refractivity contribution is 6.08. The summed E-state index contributed by atoms with van der Waals surface area (Å²) in [6.07, 6.45) is 2.32. The molecule has 0 radical (unpaired) electrons. The van der Waals surface area contributed by atoms with Crippen LogP contribution in [0.5, 0.6) is 5.75 Å². The maximum absolute atomic E-state index is 12.4. The van der Waals surface area contributed by atoms with Gasteiger partial charge in [0.05, 0.1) is 18.4 Å². The monoisotopic (exact) mass is 310 g/mol. The molecule has 0 heterocycles. The molecule has 5 nitrogen and oxygen atoms in total. The predicted molar refractivity (Wildman–Crippen MR) is 89.8 cm³/mol. The SMILES string of the molecule is C=CCc1cc(C(=O)Nc2ccccc2C(N)=O)ccc1OC. The van der Waals surface area contributed by atoms with E-state index in [0.717, 1.165) is 5.56 Å². The van der Waals surface area contributed by atoms with E-state index in [-0.39, 0.29) is 11.5 Å². The molecule has 118 valence electrons. The van der Waals surface area contributed by atoms with Crippen molar-refractivity contribution < 1.29 is 14.3 Å². The van der Waals surface area contributed by atoms with Gasteiger partial charge in [0.2, 0.25) is 0 Å². The third kappa shape index (κ3) is 3.77. The quantitative estimate of drug-likeness (QED) is 0.805. The van der Waals surface area contributed by atoms with Gasteiger partial charge in [-0.3, -0.25) is 9.59 Å². The van der Waals surface area contributed by atoms with Gasteiger partial charge in [-0.2, -0.15) is 0 Å². The lowest BCUT2D eigenvalue weighted by Crippen LogP contribution is -2.18. The minimum atomic E-state index is -0.594. The molecule has 0 aliphatic heterocycles. The number of ether oxygens (including phenoxy) is 1. The third-order valence-electron chi connectivity index (χ3n) is 3.35. The van der Waals surface area contributed by atoms with E-state index in [2.05, 4.69) is 11.9 Å². The molecule has 2 aromatic rings. The van der Waals surface area contributed by atoms with Crippen LogP contribution in [0.3, 0.4) is 0 Å². The van der Waals surface area contributed by atoms with Crippen molar-refractivity contribution >= 4 is 17.5 Å². The number of nitrogens with two attached hydrogens (primary N) is 1. The predicted octanol–water partition coefficient (Wildman–Crippen LogP) is 2.77. The van der Waals surface area contributed by atoms with Crippen LogP contribution in [0, 0.1) is 0 Å². The van der Waals surface area contributed by atoms with E-state index in [4.69, 9.17) is 10.5 Å². The molecule has 2 rings (SSSR count). The first kappa shape index (κ1) is 16.3. The van der Waals surface area contributed by atoms with Crippen molar-refractivity contribution in [1.29, 1.82) is 0 Å². The zero-order valence-corrected chi connectivity index (χ0v) is 12.8. The maximum atomic E-state index is 12.4. The van der Waals surface area contributed by atoms with Crippen LogP contribution in [0.2, 0.25) is 0 Å². The molecule has 0 atom stereocenters. The number of methoxy groups -OCH3 is 1. The van der Waals surface area contributed by atoms with Crippen LogP contribution in [-0.4, -0.2) is 18.9 Å². The lowest BCUT2D eigenvalue weighted by molar-refractivity contribution is 0.100. The number of nitrogens with one attached hydrogen (secondary N) is 1. The summed E-state index contributed by atoms with van der Waals surface area (Å²) in [5, 5.41) is 2.71. The zero-order chi connectivity index (χ0) is 16.8. The second-order valence-electron chi connectivity index (χ2n) is 4.88. The minimum absolute atomic E-state index is 0.265. The Morgan fingerprint density at radius 2 is 2.00 bits per heavy atom. The molecule has 0 saturated heterocycles. The van der Waals surface area contributed by atoms with E-state index in [1.165, 1.54) is 0 Å². The van der Waals surface area contributed by atoms with E-state index in [1.54, 1.807) is 55.7 Å². The van der Waals surface area contributed by atoms with Crippen LogP contribution in [0.1, 0.15) is 26.3 Å². The summed E-state index contributed by atoms with van der Waals surface area (Å²) in [6, 6.07) is 11.7. The summed E-state index contributed by atoms with van der Waals surface area (Å²) in [5.74, 6) is -0.228. The van der Waals surface area contributed by atoms with Gasteiger partial charge in [0.25, 0.3) is 11.8 Å². The fourth-order valence-corrected chi connectivity index (χ4v) is 2.24. The normalized spacial score (nSPS) is 9.96. The molecule has 0 aliphatic carbocycles. The number of carbonyl (C=O) groups is 2. The van der Waals surface area contributed by atoms with Crippen LogP contribution in [0.4, 0.5) is 5.69 Å². The summed E-state index contributed by atoms with van der Waals surface area (Å²) in [4.78, 5) is 23.8. The first-order chi connectivity index (χ1) is 11.1. The topological polar surface area (TPSA) is 81.4 Å². The number of para-hydroxylation sites is 1. The van der Waals surface area contributed by atoms with E-state index in [0.29, 0.717) is 23.4 Å². The average molecular weight is 310 g/mol. The van der Waals surface area contributed by atoms with Crippen LogP contribution >= 0.6 is 0 Å². The summed E-state index contributed by atoms with van der Waals surface area (Å²) in [6.45, 7) is 3.70. The van der Waals surface area contributed by atoms with Gasteiger partial charge in [-0.1, -0.05) is 18.2 Å². The Morgan fingerprint density at radius 1 is 1.26 bits per heavy atom. The molecule has 0 spiro atoms. The molecule has 0 bridgehead atoms. The number of hydrogen-bond donors (Lipinski definition) is 2. The summed E-state index contributed by atoms with van der Waals surface area (Å²) in [5.41, 5.74) is 7.28. The molecular formula is C18H18N2O3. The van der Waals surface area contributed by atoms with Crippen LogP contribution in [-0.2, 0) is 6.42 Å². The largest absolute Gasteiger partial charge is 0.496 e. The van der Waals surface area contributed by atoms with E-state index < -0.39 is 5.91 Å². The van der Waals surface area contributed by atoms with Crippen LogP contribution in [0.15, 0.2) is 55.1 Å². The molecular weight excluding hydrogens is 292 g/mol. The Balaban J connectivity index is 2.29. The second kappa shape index (κ2) is 7.26. The Hall–Kier alpha value is -3.08. The third-order valence-corrected chi connectivity index (χ3v) is 3.35. The standard InChI is InChI=1S/C18H18N2O3/c1-3-6-12-11-13(9-10-16(12)23-2)18(22)20-15-8-5-4-7-14(15)17(19)21/h3-5,7-11H,1,6H2,2H3,(H2,19,21)(H,20,22). The van der Waals surface area contributed by atoms with Crippen molar-refractivity contribution in [3.8, 4) is 5.75 Å². The fourth-order valence-electron chi connectivity index (χ4n) is 2.24. The molecule has 0 saturated carbocycles. The smallest absolute Gasteiger partial charge is 0.255 e. The van der Waals surface area contributed by atoms with Gasteiger partial charge < -0.3 is 15.8 Å². The number of allylic oxidation sites excluding steroid dienone is 1. The van der Waals surface area contributed by atoms with Gasteiger partial charge in [-0.15, -0.1) is 6.58 Å².